The number of hydrogen-bond donors (Lipinski definition) is 0. The Morgan fingerprint density at radius 1 is 1.58 bits per heavy atom. The molecular formula is C7H7FN4. The largest absolute Gasteiger partial charge is 0.261 e. The standard InChI is InChI=1S/C7H7FN4/c8-7-3-6(4-10-5-7)1-2-11-12-9/h3-5H,1-2H2. The number of aromatic nitrogens is 1. The fourth-order valence-electron chi connectivity index (χ4n) is 0.816. The van der Waals surface area contributed by atoms with Crippen molar-refractivity contribution in [3.63, 3.8) is 0 Å². The average molecular weight is 166 g/mol. The molecule has 0 saturated heterocycles. The van der Waals surface area contributed by atoms with E-state index < -0.39 is 0 Å². The molecule has 0 aliphatic rings. The van der Waals surface area contributed by atoms with Crippen LogP contribution in [-0.2, 0) is 6.42 Å². The minimum Gasteiger partial charge on any atom is -0.261 e. The zero-order chi connectivity index (χ0) is 8.81. The highest BCUT2D eigenvalue weighted by Gasteiger charge is 1.94. The molecule has 62 valence electrons. The minimum atomic E-state index is -0.367. The molecule has 0 unspecified atom stereocenters. The summed E-state index contributed by atoms with van der Waals surface area (Å²) in [6, 6.07) is 1.37. The Morgan fingerprint density at radius 3 is 3.08 bits per heavy atom. The summed E-state index contributed by atoms with van der Waals surface area (Å²) in [5, 5.41) is 3.33. The van der Waals surface area contributed by atoms with Gasteiger partial charge in [0.15, 0.2) is 0 Å². The van der Waals surface area contributed by atoms with Crippen LogP contribution in [0.4, 0.5) is 4.39 Å². The molecule has 0 aliphatic heterocycles. The van der Waals surface area contributed by atoms with Crippen LogP contribution in [0.25, 0.3) is 10.4 Å². The fraction of sp³-hybridized carbons (Fsp3) is 0.286. The summed E-state index contributed by atoms with van der Waals surface area (Å²) in [5.41, 5.74) is 8.71. The topological polar surface area (TPSA) is 61.7 Å². The summed E-state index contributed by atoms with van der Waals surface area (Å²) < 4.78 is 12.5. The monoisotopic (exact) mass is 166 g/mol. The lowest BCUT2D eigenvalue weighted by Gasteiger charge is -1.95. The third-order valence-electron chi connectivity index (χ3n) is 1.33. The molecular weight excluding hydrogens is 159 g/mol. The molecule has 0 aliphatic carbocycles. The van der Waals surface area contributed by atoms with Crippen LogP contribution in [-0.4, -0.2) is 11.5 Å². The molecule has 5 heteroatoms. The molecule has 1 heterocycles. The Balaban J connectivity index is 2.57. The van der Waals surface area contributed by atoms with Crippen molar-refractivity contribution in [2.24, 2.45) is 5.11 Å². The van der Waals surface area contributed by atoms with E-state index in [-0.39, 0.29) is 5.82 Å². The van der Waals surface area contributed by atoms with Gasteiger partial charge in [0.25, 0.3) is 0 Å². The SMILES string of the molecule is [N-]=[N+]=NCCc1cncc(F)c1. The Morgan fingerprint density at radius 2 is 2.42 bits per heavy atom. The first-order valence-corrected chi connectivity index (χ1v) is 3.43. The van der Waals surface area contributed by atoms with E-state index in [0.717, 1.165) is 11.8 Å². The van der Waals surface area contributed by atoms with Crippen LogP contribution in [0.2, 0.25) is 0 Å². The second-order valence-electron chi connectivity index (χ2n) is 2.22. The molecule has 1 rings (SSSR count). The minimum absolute atomic E-state index is 0.335. The molecule has 0 N–H and O–H groups in total. The lowest BCUT2D eigenvalue weighted by atomic mass is 10.2. The molecule has 1 aromatic heterocycles. The van der Waals surface area contributed by atoms with Crippen LogP contribution in [0, 0.1) is 5.82 Å². The quantitative estimate of drug-likeness (QED) is 0.385. The Labute approximate surface area is 68.7 Å². The van der Waals surface area contributed by atoms with Gasteiger partial charge in [0.1, 0.15) is 5.82 Å². The van der Waals surface area contributed by atoms with Gasteiger partial charge in [0, 0.05) is 17.7 Å². The Hall–Kier alpha value is -1.61. The van der Waals surface area contributed by atoms with Gasteiger partial charge in [0.2, 0.25) is 0 Å². The van der Waals surface area contributed by atoms with E-state index in [1.54, 1.807) is 6.20 Å². The smallest absolute Gasteiger partial charge is 0.141 e. The molecule has 1 aromatic rings. The van der Waals surface area contributed by atoms with Gasteiger partial charge in [-0.05, 0) is 23.6 Å². The Kier molecular flexibility index (Phi) is 3.04. The summed E-state index contributed by atoms with van der Waals surface area (Å²) in [7, 11) is 0. The lowest BCUT2D eigenvalue weighted by Crippen LogP contribution is -1.90. The zero-order valence-corrected chi connectivity index (χ0v) is 6.31. The van der Waals surface area contributed by atoms with Crippen LogP contribution in [0.5, 0.6) is 0 Å². The number of rotatable bonds is 3. The van der Waals surface area contributed by atoms with Crippen LogP contribution in [0.3, 0.4) is 0 Å². The zero-order valence-electron chi connectivity index (χ0n) is 6.31. The van der Waals surface area contributed by atoms with Gasteiger partial charge in [-0.1, -0.05) is 5.11 Å². The summed E-state index contributed by atoms with van der Waals surface area (Å²) in [6.45, 7) is 0.335. The van der Waals surface area contributed by atoms with E-state index in [2.05, 4.69) is 15.0 Å². The summed E-state index contributed by atoms with van der Waals surface area (Å²) in [5.74, 6) is -0.367. The van der Waals surface area contributed by atoms with Crippen molar-refractivity contribution >= 4 is 0 Å². The molecule has 0 saturated carbocycles. The number of azide groups is 1. The number of nitrogens with zero attached hydrogens (tertiary/aromatic N) is 4. The highest BCUT2D eigenvalue weighted by atomic mass is 19.1. The van der Waals surface area contributed by atoms with Gasteiger partial charge in [-0.3, -0.25) is 4.98 Å². The van der Waals surface area contributed by atoms with Gasteiger partial charge in [0.05, 0.1) is 6.20 Å². The van der Waals surface area contributed by atoms with Gasteiger partial charge in [-0.25, -0.2) is 4.39 Å². The maximum Gasteiger partial charge on any atom is 0.141 e. The van der Waals surface area contributed by atoms with E-state index in [1.165, 1.54) is 6.07 Å². The van der Waals surface area contributed by atoms with Crippen LogP contribution < -0.4 is 0 Å². The van der Waals surface area contributed by atoms with Crippen molar-refractivity contribution < 1.29 is 4.39 Å². The molecule has 0 atom stereocenters. The molecule has 0 bridgehead atoms. The molecule has 0 spiro atoms. The molecule has 0 aromatic carbocycles. The van der Waals surface area contributed by atoms with Crippen molar-refractivity contribution in [3.05, 3.63) is 40.3 Å². The number of halogens is 1. The third-order valence-corrected chi connectivity index (χ3v) is 1.33. The maximum absolute atomic E-state index is 12.5. The van der Waals surface area contributed by atoms with Crippen molar-refractivity contribution in [3.8, 4) is 0 Å². The molecule has 0 fully saturated rings. The molecule has 0 amide bonds. The Bertz CT molecular complexity index is 306. The van der Waals surface area contributed by atoms with Gasteiger partial charge in [-0.2, -0.15) is 0 Å². The molecule has 4 nitrogen and oxygen atoms in total. The summed E-state index contributed by atoms with van der Waals surface area (Å²) in [4.78, 5) is 6.24. The van der Waals surface area contributed by atoms with Crippen LogP contribution >= 0.6 is 0 Å². The van der Waals surface area contributed by atoms with E-state index in [0.29, 0.717) is 13.0 Å². The third kappa shape index (κ3) is 2.56. The van der Waals surface area contributed by atoms with Gasteiger partial charge >= 0.3 is 0 Å². The average Bonchev–Trinajstić information content (AvgIpc) is 2.05. The maximum atomic E-state index is 12.5. The summed E-state index contributed by atoms with van der Waals surface area (Å²) >= 11 is 0. The predicted octanol–water partition coefficient (Wildman–Crippen LogP) is 2.07. The van der Waals surface area contributed by atoms with E-state index in [1.807, 2.05) is 0 Å². The van der Waals surface area contributed by atoms with Crippen LogP contribution in [0.1, 0.15) is 5.56 Å². The highest BCUT2D eigenvalue weighted by molar-refractivity contribution is 5.10. The number of hydrogen-bond acceptors (Lipinski definition) is 2. The predicted molar refractivity (Wildman–Crippen MR) is 41.9 cm³/mol. The highest BCUT2D eigenvalue weighted by Crippen LogP contribution is 2.01. The van der Waals surface area contributed by atoms with E-state index >= 15 is 0 Å². The van der Waals surface area contributed by atoms with E-state index in [4.69, 9.17) is 5.53 Å². The summed E-state index contributed by atoms with van der Waals surface area (Å²) in [6.07, 6.45) is 3.21. The fourth-order valence-corrected chi connectivity index (χ4v) is 0.816. The molecule has 12 heavy (non-hydrogen) atoms. The van der Waals surface area contributed by atoms with Gasteiger partial charge < -0.3 is 0 Å². The van der Waals surface area contributed by atoms with Crippen molar-refractivity contribution in [2.45, 2.75) is 6.42 Å². The van der Waals surface area contributed by atoms with Crippen LogP contribution in [0.15, 0.2) is 23.6 Å². The normalized spacial score (nSPS) is 9.08. The van der Waals surface area contributed by atoms with E-state index in [9.17, 15) is 4.39 Å². The first-order valence-electron chi connectivity index (χ1n) is 3.43. The van der Waals surface area contributed by atoms with Gasteiger partial charge in [-0.15, -0.1) is 0 Å². The van der Waals surface area contributed by atoms with Crippen molar-refractivity contribution in [1.82, 2.24) is 4.98 Å². The second kappa shape index (κ2) is 4.31. The lowest BCUT2D eigenvalue weighted by molar-refractivity contribution is 0.618. The second-order valence-corrected chi connectivity index (χ2v) is 2.22. The first kappa shape index (κ1) is 8.49. The van der Waals surface area contributed by atoms with Crippen molar-refractivity contribution in [1.29, 1.82) is 0 Å². The van der Waals surface area contributed by atoms with Crippen molar-refractivity contribution in [2.75, 3.05) is 6.54 Å². The first-order chi connectivity index (χ1) is 5.83. The molecule has 0 radical (unpaired) electrons. The number of pyridine rings is 1.